The highest BCUT2D eigenvalue weighted by atomic mass is 32.2. The Morgan fingerprint density at radius 3 is 2.20 bits per heavy atom. The van der Waals surface area contributed by atoms with Gasteiger partial charge in [-0.15, -0.1) is 0 Å². The number of para-hydroxylation sites is 2. The maximum absolute atomic E-state index is 13.6. The van der Waals surface area contributed by atoms with Gasteiger partial charge >= 0.3 is 0 Å². The van der Waals surface area contributed by atoms with Gasteiger partial charge in [0.05, 0.1) is 17.7 Å². The average molecular weight is 495 g/mol. The molecule has 1 atom stereocenters. The Hall–Kier alpha value is -3.32. The van der Waals surface area contributed by atoms with Gasteiger partial charge in [0, 0.05) is 6.04 Å². The first kappa shape index (κ1) is 26.3. The van der Waals surface area contributed by atoms with Crippen molar-refractivity contribution < 1.29 is 17.9 Å². The van der Waals surface area contributed by atoms with Crippen LogP contribution >= 0.6 is 0 Å². The molecule has 0 aliphatic heterocycles. The zero-order chi connectivity index (χ0) is 25.6. The van der Waals surface area contributed by atoms with Crippen LogP contribution in [0.1, 0.15) is 38.3 Å². The number of aryl methyl sites for hydroxylation is 1. The Kier molecular flexibility index (Phi) is 8.22. The normalized spacial score (nSPS) is 12.6. The average Bonchev–Trinajstić information content (AvgIpc) is 2.83. The molecule has 0 saturated heterocycles. The summed E-state index contributed by atoms with van der Waals surface area (Å²) in [6.45, 7) is 7.72. The van der Waals surface area contributed by atoms with Crippen LogP contribution in [0.3, 0.4) is 0 Å². The summed E-state index contributed by atoms with van der Waals surface area (Å²) in [5.41, 5.74) is 2.27. The number of nitrogens with zero attached hydrogens (tertiary/aromatic N) is 1. The molecule has 0 heterocycles. The van der Waals surface area contributed by atoms with Crippen molar-refractivity contribution in [3.8, 4) is 5.75 Å². The lowest BCUT2D eigenvalue weighted by atomic mass is 9.79. The molecule has 0 fully saturated rings. The number of rotatable bonds is 10. The van der Waals surface area contributed by atoms with Crippen LogP contribution in [0.5, 0.6) is 5.75 Å². The minimum Gasteiger partial charge on any atom is -0.495 e. The summed E-state index contributed by atoms with van der Waals surface area (Å²) in [6, 6.07) is 23.3. The molecular formula is C28H34N2O4S. The van der Waals surface area contributed by atoms with E-state index in [2.05, 4.69) is 31.3 Å². The first-order valence-corrected chi connectivity index (χ1v) is 13.1. The molecule has 0 radical (unpaired) electrons. The Labute approximate surface area is 209 Å². The van der Waals surface area contributed by atoms with Crippen molar-refractivity contribution in [1.82, 2.24) is 5.32 Å². The summed E-state index contributed by atoms with van der Waals surface area (Å²) < 4.78 is 33.8. The maximum atomic E-state index is 13.6. The summed E-state index contributed by atoms with van der Waals surface area (Å²) in [7, 11) is -2.54. The van der Waals surface area contributed by atoms with E-state index in [4.69, 9.17) is 4.74 Å². The molecular weight excluding hydrogens is 460 g/mol. The fourth-order valence-electron chi connectivity index (χ4n) is 4.25. The van der Waals surface area contributed by atoms with Crippen LogP contribution in [0.4, 0.5) is 5.69 Å². The van der Waals surface area contributed by atoms with E-state index in [0.29, 0.717) is 17.9 Å². The topological polar surface area (TPSA) is 75.7 Å². The van der Waals surface area contributed by atoms with Gasteiger partial charge in [-0.2, -0.15) is 0 Å². The molecule has 1 N–H and O–H groups in total. The zero-order valence-corrected chi connectivity index (χ0v) is 21.8. The Balaban J connectivity index is 1.85. The number of hydrogen-bond donors (Lipinski definition) is 1. The van der Waals surface area contributed by atoms with Gasteiger partial charge in [-0.1, -0.05) is 74.0 Å². The number of benzene rings is 3. The van der Waals surface area contributed by atoms with Crippen LogP contribution in [-0.4, -0.2) is 34.0 Å². The monoisotopic (exact) mass is 494 g/mol. The molecule has 3 aromatic rings. The zero-order valence-electron chi connectivity index (χ0n) is 21.0. The van der Waals surface area contributed by atoms with Crippen molar-refractivity contribution in [2.24, 2.45) is 0 Å². The van der Waals surface area contributed by atoms with Gasteiger partial charge in [0.15, 0.2) is 0 Å². The smallest absolute Gasteiger partial charge is 0.264 e. The number of anilines is 1. The van der Waals surface area contributed by atoms with Gasteiger partial charge in [0.2, 0.25) is 5.91 Å². The van der Waals surface area contributed by atoms with Gasteiger partial charge in [-0.3, -0.25) is 9.10 Å². The minimum absolute atomic E-state index is 0.111. The van der Waals surface area contributed by atoms with Crippen molar-refractivity contribution in [3.63, 3.8) is 0 Å². The predicted molar refractivity (Wildman–Crippen MR) is 140 cm³/mol. The van der Waals surface area contributed by atoms with Gasteiger partial charge in [-0.05, 0) is 55.5 Å². The first-order valence-electron chi connectivity index (χ1n) is 11.6. The van der Waals surface area contributed by atoms with Gasteiger partial charge in [0.1, 0.15) is 12.3 Å². The standard InChI is InChI=1S/C28H34N2O4S/c1-21-15-17-24(18-16-21)35(32,33)30(25-13-9-10-14-26(25)34-5)20-27(31)29-22(2)19-28(3,4)23-11-7-6-8-12-23/h6-18,22H,19-20H2,1-5H3,(H,29,31). The molecule has 186 valence electrons. The molecule has 0 aromatic heterocycles. The maximum Gasteiger partial charge on any atom is 0.264 e. The van der Waals surface area contributed by atoms with E-state index < -0.39 is 10.0 Å². The number of carbonyl (C=O) groups excluding carboxylic acids is 1. The lowest BCUT2D eigenvalue weighted by Crippen LogP contribution is -2.45. The van der Waals surface area contributed by atoms with Gasteiger partial charge in [-0.25, -0.2) is 8.42 Å². The molecule has 1 unspecified atom stereocenters. The molecule has 6 nitrogen and oxygen atoms in total. The number of ether oxygens (including phenoxy) is 1. The molecule has 0 saturated carbocycles. The van der Waals surface area contributed by atoms with E-state index >= 15 is 0 Å². The van der Waals surface area contributed by atoms with Crippen LogP contribution in [-0.2, 0) is 20.2 Å². The van der Waals surface area contributed by atoms with Crippen molar-refractivity contribution in [2.75, 3.05) is 18.0 Å². The predicted octanol–water partition coefficient (Wildman–Crippen LogP) is 5.07. The molecule has 0 spiro atoms. The number of amides is 1. The summed E-state index contributed by atoms with van der Waals surface area (Å²) in [6.07, 6.45) is 0.697. The largest absolute Gasteiger partial charge is 0.495 e. The number of hydrogen-bond acceptors (Lipinski definition) is 4. The fraction of sp³-hybridized carbons (Fsp3) is 0.321. The Morgan fingerprint density at radius 1 is 0.971 bits per heavy atom. The van der Waals surface area contributed by atoms with Crippen molar-refractivity contribution in [1.29, 1.82) is 0 Å². The lowest BCUT2D eigenvalue weighted by molar-refractivity contribution is -0.120. The van der Waals surface area contributed by atoms with Gasteiger partial charge in [0.25, 0.3) is 10.0 Å². The summed E-state index contributed by atoms with van der Waals surface area (Å²) >= 11 is 0. The quantitative estimate of drug-likeness (QED) is 0.427. The summed E-state index contributed by atoms with van der Waals surface area (Å²) in [5.74, 6) is -0.0165. The molecule has 3 aromatic carbocycles. The van der Waals surface area contributed by atoms with E-state index in [-0.39, 0.29) is 28.8 Å². The third kappa shape index (κ3) is 6.42. The van der Waals surface area contributed by atoms with Crippen LogP contribution in [0.2, 0.25) is 0 Å². The van der Waals surface area contributed by atoms with Crippen LogP contribution < -0.4 is 14.4 Å². The molecule has 35 heavy (non-hydrogen) atoms. The summed E-state index contributed by atoms with van der Waals surface area (Å²) in [5, 5.41) is 2.99. The number of carbonyl (C=O) groups is 1. The molecule has 0 aliphatic carbocycles. The number of methoxy groups -OCH3 is 1. The van der Waals surface area contributed by atoms with Crippen LogP contribution in [0.15, 0.2) is 83.8 Å². The highest BCUT2D eigenvalue weighted by Gasteiger charge is 2.30. The van der Waals surface area contributed by atoms with Gasteiger partial charge < -0.3 is 10.1 Å². The second-order valence-electron chi connectivity index (χ2n) is 9.42. The van der Waals surface area contributed by atoms with Crippen molar-refractivity contribution >= 4 is 21.6 Å². The summed E-state index contributed by atoms with van der Waals surface area (Å²) in [4.78, 5) is 13.2. The first-order chi connectivity index (χ1) is 16.5. The van der Waals surface area contributed by atoms with E-state index in [1.54, 1.807) is 48.5 Å². The number of nitrogens with one attached hydrogen (secondary N) is 1. The Bertz CT molecular complexity index is 1240. The van der Waals surface area contributed by atoms with Crippen molar-refractivity contribution in [3.05, 3.63) is 90.0 Å². The molecule has 7 heteroatoms. The SMILES string of the molecule is COc1ccccc1N(CC(=O)NC(C)CC(C)(C)c1ccccc1)S(=O)(=O)c1ccc(C)cc1. The van der Waals surface area contributed by atoms with Crippen molar-refractivity contribution in [2.45, 2.75) is 50.5 Å². The second kappa shape index (κ2) is 11.0. The third-order valence-corrected chi connectivity index (χ3v) is 7.80. The van der Waals surface area contributed by atoms with E-state index in [1.165, 1.54) is 12.7 Å². The Morgan fingerprint density at radius 2 is 1.57 bits per heavy atom. The molecule has 0 bridgehead atoms. The highest BCUT2D eigenvalue weighted by Crippen LogP contribution is 2.32. The molecule has 1 amide bonds. The van der Waals surface area contributed by atoms with E-state index in [1.807, 2.05) is 32.0 Å². The lowest BCUT2D eigenvalue weighted by Gasteiger charge is -2.30. The highest BCUT2D eigenvalue weighted by molar-refractivity contribution is 7.92. The van der Waals surface area contributed by atoms with E-state index in [0.717, 1.165) is 9.87 Å². The number of sulfonamides is 1. The van der Waals surface area contributed by atoms with E-state index in [9.17, 15) is 13.2 Å². The van der Waals surface area contributed by atoms with Crippen LogP contribution in [0, 0.1) is 6.92 Å². The molecule has 0 aliphatic rings. The molecule has 3 rings (SSSR count). The van der Waals surface area contributed by atoms with Crippen LogP contribution in [0.25, 0.3) is 0 Å². The third-order valence-electron chi connectivity index (χ3n) is 6.03. The second-order valence-corrected chi connectivity index (χ2v) is 11.3. The fourth-order valence-corrected chi connectivity index (χ4v) is 5.68. The minimum atomic E-state index is -4.02.